The number of ether oxygens (including phenoxy) is 1. The van der Waals surface area contributed by atoms with Gasteiger partial charge in [0.05, 0.1) is 6.61 Å². The van der Waals surface area contributed by atoms with E-state index in [9.17, 15) is 0 Å². The quantitative estimate of drug-likeness (QED) is 0.566. The lowest BCUT2D eigenvalue weighted by Gasteiger charge is -2.15. The third-order valence-corrected chi connectivity index (χ3v) is 4.29. The first-order chi connectivity index (χ1) is 11.8. The molecule has 0 amide bonds. The molecule has 0 unspecified atom stereocenters. The van der Waals surface area contributed by atoms with E-state index >= 15 is 0 Å². The Balaban J connectivity index is 1.39. The second-order valence-corrected chi connectivity index (χ2v) is 6.43. The molecule has 0 saturated carbocycles. The highest BCUT2D eigenvalue weighted by atomic mass is 32.1. The normalized spacial score (nSPS) is 14.7. The Labute approximate surface area is 148 Å². The molecule has 2 aromatic rings. The lowest BCUT2D eigenvalue weighted by Crippen LogP contribution is -2.18. The van der Waals surface area contributed by atoms with Crippen LogP contribution in [0.15, 0.2) is 36.5 Å². The molecule has 6 heteroatoms. The Morgan fingerprint density at radius 3 is 2.96 bits per heavy atom. The number of anilines is 1. The fraction of sp³-hybridized carbons (Fsp3) is 0.444. The lowest BCUT2D eigenvalue weighted by molar-refractivity contribution is 0.311. The van der Waals surface area contributed by atoms with Crippen LogP contribution in [0, 0.1) is 4.77 Å². The summed E-state index contributed by atoms with van der Waals surface area (Å²) in [5, 5.41) is 3.28. The second-order valence-electron chi connectivity index (χ2n) is 6.05. The maximum absolute atomic E-state index is 5.87. The monoisotopic (exact) mass is 344 g/mol. The fourth-order valence-electron chi connectivity index (χ4n) is 2.89. The number of rotatable bonds is 8. The summed E-state index contributed by atoms with van der Waals surface area (Å²) in [6.45, 7) is 4.97. The van der Waals surface area contributed by atoms with Crippen LogP contribution in [0.4, 0.5) is 5.82 Å². The van der Waals surface area contributed by atoms with E-state index in [1.807, 2.05) is 12.1 Å². The van der Waals surface area contributed by atoms with Crippen LogP contribution in [-0.4, -0.2) is 41.1 Å². The molecule has 1 aromatic heterocycles. The smallest absolute Gasteiger partial charge is 0.198 e. The number of H-pyrrole nitrogens is 1. The van der Waals surface area contributed by atoms with Crippen molar-refractivity contribution in [3.8, 4) is 5.75 Å². The standard InChI is InChI=1S/C18H24N4OS/c24-18-20-9-7-17(21-18)19-8-4-12-23-16-6-3-5-15(13-16)14-22-10-1-2-11-22/h3,5-7,9,13H,1-2,4,8,10-12,14H2,(H2,19,20,21,24). The summed E-state index contributed by atoms with van der Waals surface area (Å²) >= 11 is 4.99. The summed E-state index contributed by atoms with van der Waals surface area (Å²) in [7, 11) is 0. The van der Waals surface area contributed by atoms with Crippen molar-refractivity contribution in [2.24, 2.45) is 0 Å². The Kier molecular flexibility index (Phi) is 6.20. The van der Waals surface area contributed by atoms with Crippen molar-refractivity contribution in [3.05, 3.63) is 46.9 Å². The predicted molar refractivity (Wildman–Crippen MR) is 99.0 cm³/mol. The fourth-order valence-corrected chi connectivity index (χ4v) is 3.06. The van der Waals surface area contributed by atoms with Gasteiger partial charge in [-0.25, -0.2) is 4.98 Å². The topological polar surface area (TPSA) is 53.2 Å². The van der Waals surface area contributed by atoms with Crippen LogP contribution >= 0.6 is 12.2 Å². The number of aromatic nitrogens is 2. The van der Waals surface area contributed by atoms with E-state index in [0.717, 1.165) is 31.1 Å². The van der Waals surface area contributed by atoms with Gasteiger partial charge in [0, 0.05) is 19.3 Å². The minimum Gasteiger partial charge on any atom is -0.494 e. The van der Waals surface area contributed by atoms with Crippen LogP contribution in [0.1, 0.15) is 24.8 Å². The second kappa shape index (κ2) is 8.80. The maximum Gasteiger partial charge on any atom is 0.198 e. The highest BCUT2D eigenvalue weighted by Crippen LogP contribution is 2.17. The van der Waals surface area contributed by atoms with E-state index < -0.39 is 0 Å². The number of hydrogen-bond donors (Lipinski definition) is 2. The van der Waals surface area contributed by atoms with Crippen molar-refractivity contribution in [3.63, 3.8) is 0 Å². The van der Waals surface area contributed by atoms with Crippen molar-refractivity contribution < 1.29 is 4.74 Å². The zero-order chi connectivity index (χ0) is 16.6. The zero-order valence-corrected chi connectivity index (χ0v) is 14.6. The van der Waals surface area contributed by atoms with Crippen molar-refractivity contribution in [1.82, 2.24) is 14.9 Å². The minimum atomic E-state index is 0.492. The maximum atomic E-state index is 5.87. The Morgan fingerprint density at radius 1 is 1.25 bits per heavy atom. The zero-order valence-electron chi connectivity index (χ0n) is 13.8. The third kappa shape index (κ3) is 5.32. The minimum absolute atomic E-state index is 0.492. The number of nitrogens with one attached hydrogen (secondary N) is 2. The predicted octanol–water partition coefficient (Wildman–Crippen LogP) is 3.62. The van der Waals surface area contributed by atoms with E-state index in [0.29, 0.717) is 11.4 Å². The molecule has 0 radical (unpaired) electrons. The van der Waals surface area contributed by atoms with Crippen LogP contribution in [0.3, 0.4) is 0 Å². The molecule has 2 heterocycles. The average molecular weight is 344 g/mol. The van der Waals surface area contributed by atoms with Gasteiger partial charge in [0.25, 0.3) is 0 Å². The van der Waals surface area contributed by atoms with Crippen LogP contribution in [-0.2, 0) is 6.54 Å². The first-order valence-electron chi connectivity index (χ1n) is 8.53. The molecule has 0 spiro atoms. The first-order valence-corrected chi connectivity index (χ1v) is 8.94. The summed E-state index contributed by atoms with van der Waals surface area (Å²) in [5.74, 6) is 1.85. The van der Waals surface area contributed by atoms with Gasteiger partial charge in [-0.15, -0.1) is 0 Å². The summed E-state index contributed by atoms with van der Waals surface area (Å²) < 4.78 is 6.36. The van der Waals surface area contributed by atoms with Crippen molar-refractivity contribution >= 4 is 18.0 Å². The molecule has 0 aliphatic carbocycles. The number of benzene rings is 1. The Morgan fingerprint density at radius 2 is 2.12 bits per heavy atom. The molecule has 1 aliphatic rings. The van der Waals surface area contributed by atoms with Gasteiger partial charge in [-0.1, -0.05) is 12.1 Å². The molecular formula is C18H24N4OS. The average Bonchev–Trinajstić information content (AvgIpc) is 3.08. The van der Waals surface area contributed by atoms with E-state index in [2.05, 4.69) is 38.4 Å². The van der Waals surface area contributed by atoms with Crippen LogP contribution in [0.25, 0.3) is 0 Å². The van der Waals surface area contributed by atoms with Crippen LogP contribution in [0.5, 0.6) is 5.75 Å². The van der Waals surface area contributed by atoms with Gasteiger partial charge >= 0.3 is 0 Å². The summed E-state index contributed by atoms with van der Waals surface area (Å²) in [5.41, 5.74) is 1.33. The SMILES string of the molecule is S=c1nccc(NCCCOc2cccc(CN3CCCC3)c2)[nH]1. The van der Waals surface area contributed by atoms with E-state index in [4.69, 9.17) is 17.0 Å². The highest BCUT2D eigenvalue weighted by Gasteiger charge is 2.11. The molecule has 2 N–H and O–H groups in total. The van der Waals surface area contributed by atoms with Gasteiger partial charge in [0.1, 0.15) is 11.6 Å². The van der Waals surface area contributed by atoms with Gasteiger partial charge < -0.3 is 15.0 Å². The molecule has 3 rings (SSSR count). The molecule has 1 aromatic carbocycles. The number of aromatic amines is 1. The molecule has 128 valence electrons. The molecule has 1 saturated heterocycles. The van der Waals surface area contributed by atoms with Crippen molar-refractivity contribution in [2.75, 3.05) is 31.6 Å². The summed E-state index contributed by atoms with van der Waals surface area (Å²) in [6.07, 6.45) is 5.26. The molecule has 0 atom stereocenters. The highest BCUT2D eigenvalue weighted by molar-refractivity contribution is 7.71. The molecule has 5 nitrogen and oxygen atoms in total. The third-order valence-electron chi connectivity index (χ3n) is 4.08. The van der Waals surface area contributed by atoms with E-state index in [1.54, 1.807) is 6.20 Å². The molecule has 24 heavy (non-hydrogen) atoms. The number of hydrogen-bond acceptors (Lipinski definition) is 5. The van der Waals surface area contributed by atoms with Gasteiger partial charge in [0.2, 0.25) is 0 Å². The largest absolute Gasteiger partial charge is 0.494 e. The number of likely N-dealkylation sites (tertiary alicyclic amines) is 1. The summed E-state index contributed by atoms with van der Waals surface area (Å²) in [4.78, 5) is 9.47. The lowest BCUT2D eigenvalue weighted by atomic mass is 10.2. The summed E-state index contributed by atoms with van der Waals surface area (Å²) in [6, 6.07) is 10.3. The molecule has 1 aliphatic heterocycles. The first kappa shape index (κ1) is 16.9. The van der Waals surface area contributed by atoms with Gasteiger partial charge in [-0.2, -0.15) is 0 Å². The van der Waals surface area contributed by atoms with Crippen molar-refractivity contribution in [2.45, 2.75) is 25.8 Å². The Hall–Kier alpha value is -1.92. The molecule has 1 fully saturated rings. The van der Waals surface area contributed by atoms with Crippen molar-refractivity contribution in [1.29, 1.82) is 0 Å². The molecular weight excluding hydrogens is 320 g/mol. The molecule has 0 bridgehead atoms. The Bertz CT molecular complexity index is 697. The van der Waals surface area contributed by atoms with Gasteiger partial charge in [-0.3, -0.25) is 4.90 Å². The van der Waals surface area contributed by atoms with Crippen LogP contribution in [0.2, 0.25) is 0 Å². The number of nitrogens with zero attached hydrogens (tertiary/aromatic N) is 2. The van der Waals surface area contributed by atoms with Gasteiger partial charge in [0.15, 0.2) is 4.77 Å². The van der Waals surface area contributed by atoms with Gasteiger partial charge in [-0.05, 0) is 68.3 Å². The van der Waals surface area contributed by atoms with E-state index in [-0.39, 0.29) is 0 Å². The van der Waals surface area contributed by atoms with Crippen LogP contribution < -0.4 is 10.1 Å². The van der Waals surface area contributed by atoms with E-state index in [1.165, 1.54) is 31.5 Å².